The van der Waals surface area contributed by atoms with Crippen LogP contribution in [-0.2, 0) is 4.79 Å². The summed E-state index contributed by atoms with van der Waals surface area (Å²) in [7, 11) is 0. The van der Waals surface area contributed by atoms with Crippen LogP contribution in [0.4, 0.5) is 15.8 Å². The summed E-state index contributed by atoms with van der Waals surface area (Å²) >= 11 is 0. The summed E-state index contributed by atoms with van der Waals surface area (Å²) in [5.74, 6) is 0.275. The maximum Gasteiger partial charge on any atom is 0.241 e. The predicted molar refractivity (Wildman–Crippen MR) is 106 cm³/mol. The molecule has 2 aromatic carbocycles. The van der Waals surface area contributed by atoms with Crippen molar-refractivity contribution in [2.45, 2.75) is 19.9 Å². The summed E-state index contributed by atoms with van der Waals surface area (Å²) in [6.07, 6.45) is 0. The molecule has 0 bridgehead atoms. The number of ether oxygens (including phenoxy) is 1. The van der Waals surface area contributed by atoms with Crippen LogP contribution in [0.15, 0.2) is 48.5 Å². The molecule has 1 amide bonds. The zero-order valence-electron chi connectivity index (χ0n) is 15.8. The molecule has 1 aliphatic rings. The number of anilines is 2. The molecule has 0 unspecified atom stereocenters. The van der Waals surface area contributed by atoms with E-state index in [0.717, 1.165) is 37.6 Å². The van der Waals surface area contributed by atoms with E-state index < -0.39 is 5.82 Å². The molecule has 1 atom stereocenters. The maximum absolute atomic E-state index is 13.7. The van der Waals surface area contributed by atoms with E-state index in [1.165, 1.54) is 6.07 Å². The summed E-state index contributed by atoms with van der Waals surface area (Å²) in [6.45, 7) is 7.59. The fourth-order valence-electron chi connectivity index (χ4n) is 3.31. The minimum atomic E-state index is -0.421. The Morgan fingerprint density at radius 1 is 1.11 bits per heavy atom. The predicted octanol–water partition coefficient (Wildman–Crippen LogP) is 3.37. The van der Waals surface area contributed by atoms with Crippen molar-refractivity contribution < 1.29 is 13.9 Å². The second kappa shape index (κ2) is 8.86. The highest BCUT2D eigenvalue weighted by molar-refractivity contribution is 5.94. The van der Waals surface area contributed by atoms with Crippen LogP contribution in [0.3, 0.4) is 0 Å². The molecule has 1 aliphatic heterocycles. The summed E-state index contributed by atoms with van der Waals surface area (Å²) in [6, 6.07) is 13.9. The first-order chi connectivity index (χ1) is 13.1. The van der Waals surface area contributed by atoms with E-state index in [-0.39, 0.29) is 17.6 Å². The number of nitrogens with one attached hydrogen (secondary N) is 1. The molecule has 0 saturated carbocycles. The Balaban J connectivity index is 1.59. The van der Waals surface area contributed by atoms with Gasteiger partial charge < -0.3 is 15.0 Å². The summed E-state index contributed by atoms with van der Waals surface area (Å²) in [4.78, 5) is 16.9. The van der Waals surface area contributed by atoms with Crippen molar-refractivity contribution in [2.75, 3.05) is 43.0 Å². The molecule has 1 N–H and O–H groups in total. The van der Waals surface area contributed by atoms with Crippen molar-refractivity contribution in [1.82, 2.24) is 4.90 Å². The van der Waals surface area contributed by atoms with E-state index in [1.807, 2.05) is 32.0 Å². The first-order valence-electron chi connectivity index (χ1n) is 9.36. The van der Waals surface area contributed by atoms with Crippen molar-refractivity contribution in [3.8, 4) is 5.75 Å². The van der Waals surface area contributed by atoms with Gasteiger partial charge in [-0.05, 0) is 38.1 Å². The van der Waals surface area contributed by atoms with Crippen molar-refractivity contribution in [3.05, 3.63) is 54.3 Å². The topological polar surface area (TPSA) is 44.8 Å². The number of rotatable bonds is 6. The average molecular weight is 371 g/mol. The highest BCUT2D eigenvalue weighted by Crippen LogP contribution is 2.29. The SMILES string of the molecule is CCOc1ccccc1N1CCN([C@@H](C)C(=O)Nc2ccccc2F)CC1. The largest absolute Gasteiger partial charge is 0.492 e. The minimum absolute atomic E-state index is 0.191. The molecule has 144 valence electrons. The summed E-state index contributed by atoms with van der Waals surface area (Å²) in [5.41, 5.74) is 1.31. The molecule has 6 heteroatoms. The number of halogens is 1. The first-order valence-corrected chi connectivity index (χ1v) is 9.36. The van der Waals surface area contributed by atoms with Crippen LogP contribution in [0.25, 0.3) is 0 Å². The van der Waals surface area contributed by atoms with E-state index in [0.29, 0.717) is 6.61 Å². The third-order valence-electron chi connectivity index (χ3n) is 4.88. The molecule has 27 heavy (non-hydrogen) atoms. The highest BCUT2D eigenvalue weighted by atomic mass is 19.1. The average Bonchev–Trinajstić information content (AvgIpc) is 2.70. The van der Waals surface area contributed by atoms with Gasteiger partial charge in [-0.1, -0.05) is 24.3 Å². The molecule has 0 radical (unpaired) electrons. The molecular formula is C21H26FN3O2. The number of carbonyl (C=O) groups is 1. The standard InChI is InChI=1S/C21H26FN3O2/c1-3-27-20-11-7-6-10-19(20)25-14-12-24(13-15-25)16(2)21(26)23-18-9-5-4-8-17(18)22/h4-11,16H,3,12-15H2,1-2H3,(H,23,26)/t16-/m0/s1. The quantitative estimate of drug-likeness (QED) is 0.846. The molecule has 0 spiro atoms. The van der Waals surface area contributed by atoms with Crippen LogP contribution >= 0.6 is 0 Å². The van der Waals surface area contributed by atoms with Crippen molar-refractivity contribution in [1.29, 1.82) is 0 Å². The molecule has 1 saturated heterocycles. The number of para-hydroxylation sites is 3. The number of carbonyl (C=O) groups excluding carboxylic acids is 1. The Morgan fingerprint density at radius 3 is 2.48 bits per heavy atom. The van der Waals surface area contributed by atoms with Gasteiger partial charge in [-0.3, -0.25) is 9.69 Å². The van der Waals surface area contributed by atoms with E-state index in [1.54, 1.807) is 18.2 Å². The smallest absolute Gasteiger partial charge is 0.241 e. The Labute approximate surface area is 159 Å². The lowest BCUT2D eigenvalue weighted by Crippen LogP contribution is -2.53. The van der Waals surface area contributed by atoms with E-state index in [9.17, 15) is 9.18 Å². The van der Waals surface area contributed by atoms with Crippen LogP contribution in [0.2, 0.25) is 0 Å². The van der Waals surface area contributed by atoms with Gasteiger partial charge >= 0.3 is 0 Å². The van der Waals surface area contributed by atoms with E-state index >= 15 is 0 Å². The molecule has 5 nitrogen and oxygen atoms in total. The molecule has 2 aromatic rings. The molecule has 0 aliphatic carbocycles. The van der Waals surface area contributed by atoms with Gasteiger partial charge in [-0.25, -0.2) is 4.39 Å². The zero-order valence-corrected chi connectivity index (χ0v) is 15.8. The zero-order chi connectivity index (χ0) is 19.2. The van der Waals surface area contributed by atoms with Gasteiger partial charge in [0.25, 0.3) is 0 Å². The third kappa shape index (κ3) is 4.57. The van der Waals surface area contributed by atoms with Crippen molar-refractivity contribution >= 4 is 17.3 Å². The molecule has 3 rings (SSSR count). The highest BCUT2D eigenvalue weighted by Gasteiger charge is 2.27. The molecular weight excluding hydrogens is 345 g/mol. The van der Waals surface area contributed by atoms with Crippen molar-refractivity contribution in [3.63, 3.8) is 0 Å². The lowest BCUT2D eigenvalue weighted by atomic mass is 10.2. The Kier molecular flexibility index (Phi) is 6.29. The Morgan fingerprint density at radius 2 is 1.78 bits per heavy atom. The summed E-state index contributed by atoms with van der Waals surface area (Å²) in [5, 5.41) is 2.69. The van der Waals surface area contributed by atoms with Gasteiger partial charge in [0, 0.05) is 26.2 Å². The van der Waals surface area contributed by atoms with Gasteiger partial charge in [0.2, 0.25) is 5.91 Å². The van der Waals surface area contributed by atoms with E-state index in [4.69, 9.17) is 4.74 Å². The van der Waals surface area contributed by atoms with Crippen LogP contribution in [0, 0.1) is 5.82 Å². The number of nitrogens with zero attached hydrogens (tertiary/aromatic N) is 2. The van der Waals surface area contributed by atoms with Crippen molar-refractivity contribution in [2.24, 2.45) is 0 Å². The van der Waals surface area contributed by atoms with Gasteiger partial charge in [0.05, 0.1) is 24.0 Å². The number of hydrogen-bond acceptors (Lipinski definition) is 4. The lowest BCUT2D eigenvalue weighted by Gasteiger charge is -2.39. The van der Waals surface area contributed by atoms with Crippen LogP contribution in [0.5, 0.6) is 5.75 Å². The van der Waals surface area contributed by atoms with Crippen LogP contribution in [0.1, 0.15) is 13.8 Å². The fraction of sp³-hybridized carbons (Fsp3) is 0.381. The van der Waals surface area contributed by atoms with Crippen LogP contribution in [-0.4, -0.2) is 49.6 Å². The first kappa shape index (κ1) is 19.2. The number of amides is 1. The van der Waals surface area contributed by atoms with Gasteiger partial charge in [-0.15, -0.1) is 0 Å². The number of piperazine rings is 1. The second-order valence-electron chi connectivity index (χ2n) is 6.57. The minimum Gasteiger partial charge on any atom is -0.492 e. The molecule has 1 fully saturated rings. The van der Waals surface area contributed by atoms with Gasteiger partial charge in [0.15, 0.2) is 0 Å². The number of benzene rings is 2. The van der Waals surface area contributed by atoms with Gasteiger partial charge in [-0.2, -0.15) is 0 Å². The molecule has 0 aromatic heterocycles. The van der Waals surface area contributed by atoms with Crippen LogP contribution < -0.4 is 15.0 Å². The normalized spacial score (nSPS) is 16.0. The van der Waals surface area contributed by atoms with Gasteiger partial charge in [0.1, 0.15) is 11.6 Å². The van der Waals surface area contributed by atoms with E-state index in [2.05, 4.69) is 21.2 Å². The maximum atomic E-state index is 13.7. The monoisotopic (exact) mass is 371 g/mol. The third-order valence-corrected chi connectivity index (χ3v) is 4.88. The fourth-order valence-corrected chi connectivity index (χ4v) is 3.31. The lowest BCUT2D eigenvalue weighted by molar-refractivity contribution is -0.120. The molecule has 1 heterocycles. The second-order valence-corrected chi connectivity index (χ2v) is 6.57. The summed E-state index contributed by atoms with van der Waals surface area (Å²) < 4.78 is 19.5. The number of hydrogen-bond donors (Lipinski definition) is 1. The Bertz CT molecular complexity index is 776. The Hall–Kier alpha value is -2.60.